The first-order valence-electron chi connectivity index (χ1n) is 5.96. The number of nitrogens with zero attached hydrogens (tertiary/aromatic N) is 1. The number of halogens is 1. The Hall–Kier alpha value is -3.07. The molecular formula is C15H11FN2O3. The largest absolute Gasteiger partial charge is 0.486 e. The number of ether oxygens (including phenoxy) is 1. The Labute approximate surface area is 120 Å². The van der Waals surface area contributed by atoms with Gasteiger partial charge in [0.05, 0.1) is 17.2 Å². The van der Waals surface area contributed by atoms with Crippen molar-refractivity contribution < 1.29 is 19.0 Å². The van der Waals surface area contributed by atoms with Gasteiger partial charge in [0.2, 0.25) is 0 Å². The third-order valence-corrected chi connectivity index (χ3v) is 2.84. The lowest BCUT2D eigenvalue weighted by molar-refractivity contribution is 0.0695. The van der Waals surface area contributed by atoms with E-state index in [1.54, 1.807) is 12.1 Å². The van der Waals surface area contributed by atoms with E-state index in [4.69, 9.17) is 20.8 Å². The molecule has 5 nitrogen and oxygen atoms in total. The minimum atomic E-state index is -1.17. The average Bonchev–Trinajstić information content (AvgIpc) is 2.45. The first-order chi connectivity index (χ1) is 10.0. The molecule has 0 saturated heterocycles. The Balaban J connectivity index is 2.23. The molecule has 0 atom stereocenters. The molecule has 0 aliphatic carbocycles. The van der Waals surface area contributed by atoms with E-state index < -0.39 is 11.8 Å². The first-order valence-corrected chi connectivity index (χ1v) is 5.96. The number of nitrogen functional groups attached to an aromatic ring is 1. The van der Waals surface area contributed by atoms with Crippen LogP contribution < -0.4 is 10.5 Å². The smallest absolute Gasteiger partial charge is 0.338 e. The van der Waals surface area contributed by atoms with Gasteiger partial charge < -0.3 is 15.6 Å². The molecule has 0 bridgehead atoms. The fourth-order valence-corrected chi connectivity index (χ4v) is 1.84. The highest BCUT2D eigenvalue weighted by molar-refractivity contribution is 5.95. The molecule has 0 heterocycles. The number of aromatic carboxylic acids is 1. The van der Waals surface area contributed by atoms with Gasteiger partial charge in [0.25, 0.3) is 0 Å². The van der Waals surface area contributed by atoms with Gasteiger partial charge in [-0.25, -0.2) is 9.18 Å². The van der Waals surface area contributed by atoms with Crippen molar-refractivity contribution in [2.75, 3.05) is 5.73 Å². The van der Waals surface area contributed by atoms with Crippen molar-refractivity contribution in [1.29, 1.82) is 5.26 Å². The minimum absolute atomic E-state index is 0.0623. The Morgan fingerprint density at radius 1 is 1.38 bits per heavy atom. The molecule has 3 N–H and O–H groups in total. The number of carboxylic acid groups (broad SMARTS) is 1. The predicted molar refractivity (Wildman–Crippen MR) is 73.3 cm³/mol. The molecule has 0 spiro atoms. The second-order valence-electron chi connectivity index (χ2n) is 4.23. The van der Waals surface area contributed by atoms with Crippen molar-refractivity contribution >= 4 is 11.7 Å². The molecule has 2 aromatic rings. The monoisotopic (exact) mass is 286 g/mol. The number of benzene rings is 2. The van der Waals surface area contributed by atoms with Crippen molar-refractivity contribution in [3.8, 4) is 11.8 Å². The summed E-state index contributed by atoms with van der Waals surface area (Å²) in [5, 5.41) is 17.8. The zero-order valence-electron chi connectivity index (χ0n) is 10.8. The van der Waals surface area contributed by atoms with E-state index in [0.717, 1.165) is 6.07 Å². The van der Waals surface area contributed by atoms with Crippen molar-refractivity contribution in [2.45, 2.75) is 6.61 Å². The Kier molecular flexibility index (Phi) is 4.05. The molecule has 0 radical (unpaired) electrons. The number of hydrogen-bond acceptors (Lipinski definition) is 4. The van der Waals surface area contributed by atoms with Gasteiger partial charge >= 0.3 is 5.97 Å². The van der Waals surface area contributed by atoms with Gasteiger partial charge in [0.1, 0.15) is 6.61 Å². The summed E-state index contributed by atoms with van der Waals surface area (Å²) in [4.78, 5) is 11.2. The molecule has 0 aliphatic heterocycles. The maximum Gasteiger partial charge on any atom is 0.338 e. The summed E-state index contributed by atoms with van der Waals surface area (Å²) in [5.74, 6) is -1.92. The molecule has 0 saturated carbocycles. The summed E-state index contributed by atoms with van der Waals surface area (Å²) in [6.07, 6.45) is 0. The van der Waals surface area contributed by atoms with Crippen LogP contribution in [-0.4, -0.2) is 11.1 Å². The molecule has 0 aromatic heterocycles. The molecule has 0 aliphatic rings. The molecular weight excluding hydrogens is 275 g/mol. The quantitative estimate of drug-likeness (QED) is 0.842. The lowest BCUT2D eigenvalue weighted by Gasteiger charge is -2.11. The van der Waals surface area contributed by atoms with Crippen LogP contribution in [0.1, 0.15) is 21.5 Å². The van der Waals surface area contributed by atoms with Gasteiger partial charge in [-0.2, -0.15) is 5.26 Å². The van der Waals surface area contributed by atoms with Gasteiger partial charge in [-0.15, -0.1) is 0 Å². The SMILES string of the molecule is N#Cc1ccc(OCc2cccc(N)c2C(=O)O)c(F)c1. The van der Waals surface area contributed by atoms with Crippen LogP contribution >= 0.6 is 0 Å². The Morgan fingerprint density at radius 3 is 2.76 bits per heavy atom. The third kappa shape index (κ3) is 3.09. The summed E-state index contributed by atoms with van der Waals surface area (Å²) >= 11 is 0. The van der Waals surface area contributed by atoms with Crippen LogP contribution in [-0.2, 0) is 6.61 Å². The highest BCUT2D eigenvalue weighted by Gasteiger charge is 2.14. The normalized spacial score (nSPS) is 9.90. The summed E-state index contributed by atoms with van der Waals surface area (Å²) in [7, 11) is 0. The number of nitriles is 1. The second kappa shape index (κ2) is 5.92. The van der Waals surface area contributed by atoms with E-state index in [1.807, 2.05) is 6.07 Å². The summed E-state index contributed by atoms with van der Waals surface area (Å²) in [6.45, 7) is -0.143. The van der Waals surface area contributed by atoms with Gasteiger partial charge in [-0.3, -0.25) is 0 Å². The van der Waals surface area contributed by atoms with E-state index in [1.165, 1.54) is 18.2 Å². The van der Waals surface area contributed by atoms with Crippen LogP contribution in [0.4, 0.5) is 10.1 Å². The highest BCUT2D eigenvalue weighted by Crippen LogP contribution is 2.22. The summed E-state index contributed by atoms with van der Waals surface area (Å²) in [5.41, 5.74) is 6.18. The molecule has 2 rings (SSSR count). The van der Waals surface area contributed by atoms with Crippen molar-refractivity contribution in [2.24, 2.45) is 0 Å². The van der Waals surface area contributed by atoms with E-state index >= 15 is 0 Å². The minimum Gasteiger partial charge on any atom is -0.486 e. The number of nitrogens with two attached hydrogens (primary N) is 1. The van der Waals surface area contributed by atoms with Crippen molar-refractivity contribution in [3.63, 3.8) is 0 Å². The lowest BCUT2D eigenvalue weighted by Crippen LogP contribution is -2.09. The molecule has 0 amide bonds. The van der Waals surface area contributed by atoms with E-state index in [-0.39, 0.29) is 29.2 Å². The van der Waals surface area contributed by atoms with Gasteiger partial charge in [-0.1, -0.05) is 12.1 Å². The zero-order valence-corrected chi connectivity index (χ0v) is 10.8. The zero-order chi connectivity index (χ0) is 15.4. The van der Waals surface area contributed by atoms with E-state index in [2.05, 4.69) is 0 Å². The third-order valence-electron chi connectivity index (χ3n) is 2.84. The van der Waals surface area contributed by atoms with Crippen LogP contribution in [0, 0.1) is 17.1 Å². The average molecular weight is 286 g/mol. The van der Waals surface area contributed by atoms with Crippen LogP contribution in [0.5, 0.6) is 5.75 Å². The topological polar surface area (TPSA) is 96.3 Å². The molecule has 0 unspecified atom stereocenters. The molecule has 2 aromatic carbocycles. The van der Waals surface area contributed by atoms with Gasteiger partial charge in [0, 0.05) is 11.3 Å². The predicted octanol–water partition coefficient (Wildman–Crippen LogP) is 2.56. The van der Waals surface area contributed by atoms with Gasteiger partial charge in [0.15, 0.2) is 11.6 Å². The van der Waals surface area contributed by atoms with Crippen LogP contribution in [0.25, 0.3) is 0 Å². The fourth-order valence-electron chi connectivity index (χ4n) is 1.84. The maximum absolute atomic E-state index is 13.7. The summed E-state index contributed by atoms with van der Waals surface area (Å²) in [6, 6.07) is 10.2. The standard InChI is InChI=1S/C15H11FN2O3/c16-11-6-9(7-17)4-5-13(11)21-8-10-2-1-3-12(18)14(10)15(19)20/h1-6H,8,18H2,(H,19,20). The Bertz CT molecular complexity index is 738. The maximum atomic E-state index is 13.7. The molecule has 6 heteroatoms. The van der Waals surface area contributed by atoms with Crippen LogP contribution in [0.3, 0.4) is 0 Å². The Morgan fingerprint density at radius 2 is 2.14 bits per heavy atom. The van der Waals surface area contributed by atoms with Gasteiger partial charge in [-0.05, 0) is 24.3 Å². The summed E-state index contributed by atoms with van der Waals surface area (Å²) < 4.78 is 18.9. The number of rotatable bonds is 4. The lowest BCUT2D eigenvalue weighted by atomic mass is 10.1. The second-order valence-corrected chi connectivity index (χ2v) is 4.23. The van der Waals surface area contributed by atoms with Crippen LogP contribution in [0.15, 0.2) is 36.4 Å². The molecule has 21 heavy (non-hydrogen) atoms. The van der Waals surface area contributed by atoms with Crippen molar-refractivity contribution in [3.05, 3.63) is 58.9 Å². The highest BCUT2D eigenvalue weighted by atomic mass is 19.1. The van der Waals surface area contributed by atoms with Crippen LogP contribution in [0.2, 0.25) is 0 Å². The number of hydrogen-bond donors (Lipinski definition) is 2. The van der Waals surface area contributed by atoms with E-state index in [9.17, 15) is 9.18 Å². The molecule has 0 fully saturated rings. The number of carbonyl (C=O) groups is 1. The van der Waals surface area contributed by atoms with E-state index in [0.29, 0.717) is 5.56 Å². The first kappa shape index (κ1) is 14.3. The van der Waals surface area contributed by atoms with Crippen molar-refractivity contribution in [1.82, 2.24) is 0 Å². The number of carboxylic acids is 1. The fraction of sp³-hybridized carbons (Fsp3) is 0.0667. The number of anilines is 1. The molecule has 106 valence electrons.